The van der Waals surface area contributed by atoms with Crippen LogP contribution in [0.5, 0.6) is 0 Å². The molecule has 19 heavy (non-hydrogen) atoms. The lowest BCUT2D eigenvalue weighted by atomic mass is 10.1. The van der Waals surface area contributed by atoms with Crippen molar-refractivity contribution in [1.82, 2.24) is 4.98 Å². The maximum atomic E-state index is 13.4. The van der Waals surface area contributed by atoms with Crippen LogP contribution in [0.25, 0.3) is 0 Å². The molecular weight excluding hydrogens is 251 g/mol. The molecule has 6 heteroatoms. The molecule has 2 saturated heterocycles. The van der Waals surface area contributed by atoms with Gasteiger partial charge in [0.1, 0.15) is 6.10 Å². The molecule has 0 aliphatic carbocycles. The predicted molar refractivity (Wildman–Crippen MR) is 66.3 cm³/mol. The van der Waals surface area contributed by atoms with Crippen molar-refractivity contribution >= 4 is 5.82 Å². The van der Waals surface area contributed by atoms with Crippen LogP contribution in [0.1, 0.15) is 12.8 Å². The highest BCUT2D eigenvalue weighted by molar-refractivity contribution is 5.35. The molecule has 0 bridgehead atoms. The maximum Gasteiger partial charge on any atom is 0.173 e. The van der Waals surface area contributed by atoms with Crippen LogP contribution in [0.4, 0.5) is 10.2 Å². The number of hydrogen-bond donors (Lipinski definition) is 1. The second-order valence-electron chi connectivity index (χ2n) is 4.79. The Balaban J connectivity index is 1.53. The van der Waals surface area contributed by atoms with E-state index in [9.17, 15) is 4.39 Å². The Bertz CT molecular complexity index is 438. The lowest BCUT2D eigenvalue weighted by Gasteiger charge is -2.31. The summed E-state index contributed by atoms with van der Waals surface area (Å²) in [5.41, 5.74) is 0. The van der Waals surface area contributed by atoms with Crippen molar-refractivity contribution in [2.45, 2.75) is 24.7 Å². The predicted octanol–water partition coefficient (Wildman–Crippen LogP) is 1.55. The van der Waals surface area contributed by atoms with Gasteiger partial charge in [0.05, 0.1) is 19.8 Å². The highest BCUT2D eigenvalue weighted by Gasteiger charge is 2.42. The number of nitrogens with zero attached hydrogens (tertiary/aromatic N) is 1. The first-order valence-electron chi connectivity index (χ1n) is 6.51. The number of halogens is 1. The summed E-state index contributed by atoms with van der Waals surface area (Å²) in [6.07, 6.45) is 2.97. The number of rotatable bonds is 3. The molecule has 0 amide bonds. The molecule has 1 aromatic rings. The number of nitrogens with one attached hydrogen (secondary N) is 1. The second-order valence-corrected chi connectivity index (χ2v) is 4.79. The zero-order valence-corrected chi connectivity index (χ0v) is 10.6. The molecule has 3 rings (SSSR count). The fourth-order valence-corrected chi connectivity index (χ4v) is 2.39. The van der Waals surface area contributed by atoms with E-state index in [0.29, 0.717) is 26.4 Å². The molecule has 104 valence electrons. The Morgan fingerprint density at radius 2 is 2.26 bits per heavy atom. The van der Waals surface area contributed by atoms with Gasteiger partial charge < -0.3 is 19.5 Å². The molecule has 0 saturated carbocycles. The Hall–Kier alpha value is -1.24. The van der Waals surface area contributed by atoms with Crippen molar-refractivity contribution < 1.29 is 18.6 Å². The SMILES string of the molecule is Fc1cccnc1NC[C@@H]1COC2(CCOCC2)O1. The topological polar surface area (TPSA) is 52.6 Å². The average molecular weight is 268 g/mol. The van der Waals surface area contributed by atoms with Crippen LogP contribution < -0.4 is 5.32 Å². The van der Waals surface area contributed by atoms with E-state index in [0.717, 1.165) is 12.8 Å². The van der Waals surface area contributed by atoms with Crippen molar-refractivity contribution in [3.63, 3.8) is 0 Å². The number of pyridine rings is 1. The molecule has 2 aliphatic heterocycles. The molecule has 0 radical (unpaired) electrons. The summed E-state index contributed by atoms with van der Waals surface area (Å²) >= 11 is 0. The fourth-order valence-electron chi connectivity index (χ4n) is 2.39. The Morgan fingerprint density at radius 3 is 3.05 bits per heavy atom. The van der Waals surface area contributed by atoms with Crippen molar-refractivity contribution in [2.24, 2.45) is 0 Å². The van der Waals surface area contributed by atoms with Crippen LogP contribution in [0.2, 0.25) is 0 Å². The molecule has 3 heterocycles. The van der Waals surface area contributed by atoms with Crippen LogP contribution in [0.3, 0.4) is 0 Å². The van der Waals surface area contributed by atoms with Gasteiger partial charge in [-0.3, -0.25) is 0 Å². The van der Waals surface area contributed by atoms with Crippen LogP contribution >= 0.6 is 0 Å². The molecule has 1 spiro atoms. The minimum absolute atomic E-state index is 0.0838. The van der Waals surface area contributed by atoms with Gasteiger partial charge in [-0.1, -0.05) is 0 Å². The zero-order chi connectivity index (χ0) is 13.1. The molecule has 5 nitrogen and oxygen atoms in total. The van der Waals surface area contributed by atoms with E-state index >= 15 is 0 Å². The lowest BCUT2D eigenvalue weighted by molar-refractivity contribution is -0.209. The lowest BCUT2D eigenvalue weighted by Crippen LogP contribution is -2.38. The molecule has 0 aromatic carbocycles. The van der Waals surface area contributed by atoms with Crippen LogP contribution in [-0.2, 0) is 14.2 Å². The molecule has 2 aliphatic rings. The molecule has 1 N–H and O–H groups in total. The van der Waals surface area contributed by atoms with Crippen LogP contribution in [-0.4, -0.2) is 43.2 Å². The first-order chi connectivity index (χ1) is 9.27. The largest absolute Gasteiger partial charge is 0.381 e. The summed E-state index contributed by atoms with van der Waals surface area (Å²) in [4.78, 5) is 3.94. The van der Waals surface area contributed by atoms with Gasteiger partial charge in [-0.15, -0.1) is 0 Å². The van der Waals surface area contributed by atoms with Crippen molar-refractivity contribution in [3.8, 4) is 0 Å². The molecule has 1 atom stereocenters. The normalized spacial score (nSPS) is 25.6. The van der Waals surface area contributed by atoms with Gasteiger partial charge in [-0.25, -0.2) is 9.37 Å². The van der Waals surface area contributed by atoms with Gasteiger partial charge in [-0.05, 0) is 12.1 Å². The molecule has 1 aromatic heterocycles. The third-order valence-electron chi connectivity index (χ3n) is 3.42. The third-order valence-corrected chi connectivity index (χ3v) is 3.42. The highest BCUT2D eigenvalue weighted by Crippen LogP contribution is 2.33. The van der Waals surface area contributed by atoms with E-state index in [-0.39, 0.29) is 17.7 Å². The number of ether oxygens (including phenoxy) is 3. The number of anilines is 1. The van der Waals surface area contributed by atoms with Gasteiger partial charge in [0, 0.05) is 25.6 Å². The second kappa shape index (κ2) is 5.40. The van der Waals surface area contributed by atoms with Gasteiger partial charge in [0.25, 0.3) is 0 Å². The third kappa shape index (κ3) is 2.86. The van der Waals surface area contributed by atoms with E-state index in [4.69, 9.17) is 14.2 Å². The van der Waals surface area contributed by atoms with Gasteiger partial charge in [0.2, 0.25) is 0 Å². The first kappa shape index (κ1) is 12.8. The quantitative estimate of drug-likeness (QED) is 0.901. The minimum atomic E-state index is -0.493. The molecule has 0 unspecified atom stereocenters. The summed E-state index contributed by atoms with van der Waals surface area (Å²) in [6, 6.07) is 2.94. The number of aromatic nitrogens is 1. The van der Waals surface area contributed by atoms with Crippen LogP contribution in [0.15, 0.2) is 18.3 Å². The summed E-state index contributed by atoms with van der Waals surface area (Å²) in [5.74, 6) is -0.603. The summed E-state index contributed by atoms with van der Waals surface area (Å²) in [6.45, 7) is 2.32. The Labute approximate surface area is 111 Å². The summed E-state index contributed by atoms with van der Waals surface area (Å²) < 4.78 is 30.4. The monoisotopic (exact) mass is 268 g/mol. The van der Waals surface area contributed by atoms with Crippen molar-refractivity contribution in [1.29, 1.82) is 0 Å². The van der Waals surface area contributed by atoms with Gasteiger partial charge in [-0.2, -0.15) is 0 Å². The smallest absolute Gasteiger partial charge is 0.173 e. The number of hydrogen-bond acceptors (Lipinski definition) is 5. The fraction of sp³-hybridized carbons (Fsp3) is 0.615. The molecule has 2 fully saturated rings. The summed E-state index contributed by atoms with van der Waals surface area (Å²) in [5, 5.41) is 2.95. The van der Waals surface area contributed by atoms with Gasteiger partial charge in [0.15, 0.2) is 17.4 Å². The first-order valence-corrected chi connectivity index (χ1v) is 6.51. The minimum Gasteiger partial charge on any atom is -0.381 e. The standard InChI is InChI=1S/C13H17FN2O3/c14-11-2-1-5-15-12(11)16-8-10-9-18-13(19-10)3-6-17-7-4-13/h1-2,5,10H,3-4,6-9H2,(H,15,16)/t10-/m1/s1. The maximum absolute atomic E-state index is 13.4. The van der Waals surface area contributed by atoms with E-state index < -0.39 is 5.79 Å². The van der Waals surface area contributed by atoms with E-state index in [1.54, 1.807) is 12.3 Å². The summed E-state index contributed by atoms with van der Waals surface area (Å²) in [7, 11) is 0. The van der Waals surface area contributed by atoms with Crippen LogP contribution in [0, 0.1) is 5.82 Å². The molecular formula is C13H17FN2O3. The van der Waals surface area contributed by atoms with E-state index in [1.807, 2.05) is 0 Å². The van der Waals surface area contributed by atoms with E-state index in [1.165, 1.54) is 6.07 Å². The Morgan fingerprint density at radius 1 is 1.42 bits per heavy atom. The zero-order valence-electron chi connectivity index (χ0n) is 10.6. The average Bonchev–Trinajstić information content (AvgIpc) is 2.82. The van der Waals surface area contributed by atoms with Crippen molar-refractivity contribution in [2.75, 3.05) is 31.7 Å². The van der Waals surface area contributed by atoms with Gasteiger partial charge >= 0.3 is 0 Å². The van der Waals surface area contributed by atoms with E-state index in [2.05, 4.69) is 10.3 Å². The highest BCUT2D eigenvalue weighted by atomic mass is 19.1. The Kier molecular flexibility index (Phi) is 3.63. The van der Waals surface area contributed by atoms with Crippen molar-refractivity contribution in [3.05, 3.63) is 24.1 Å².